The SMILES string of the molecule is O=c1c2ccccc2cc2n1[C@@H](c1ccccc1)CN2[C@H](CO)c1ccccc1. The maximum absolute atomic E-state index is 13.5. The van der Waals surface area contributed by atoms with Crippen LogP contribution in [0.2, 0.25) is 0 Å². The second-order valence-corrected chi connectivity index (χ2v) is 7.45. The van der Waals surface area contributed by atoms with Crippen LogP contribution in [-0.4, -0.2) is 22.8 Å². The van der Waals surface area contributed by atoms with Crippen LogP contribution < -0.4 is 10.5 Å². The fourth-order valence-electron chi connectivity index (χ4n) is 4.42. The van der Waals surface area contributed by atoms with Crippen molar-refractivity contribution in [1.82, 2.24) is 4.57 Å². The van der Waals surface area contributed by atoms with Gasteiger partial charge in [-0.15, -0.1) is 0 Å². The Bertz CT molecular complexity index is 1200. The van der Waals surface area contributed by atoms with Crippen LogP contribution in [-0.2, 0) is 0 Å². The lowest BCUT2D eigenvalue weighted by molar-refractivity contribution is 0.261. The molecule has 1 aliphatic heterocycles. The Kier molecular flexibility index (Phi) is 4.41. The minimum atomic E-state index is -0.211. The first-order chi connectivity index (χ1) is 14.3. The van der Waals surface area contributed by atoms with Crippen molar-refractivity contribution in [1.29, 1.82) is 0 Å². The molecule has 0 saturated heterocycles. The topological polar surface area (TPSA) is 45.5 Å². The number of aliphatic hydroxyl groups is 1. The van der Waals surface area contributed by atoms with Gasteiger partial charge in [0.15, 0.2) is 0 Å². The van der Waals surface area contributed by atoms with Crippen molar-refractivity contribution >= 4 is 16.6 Å². The van der Waals surface area contributed by atoms with Crippen molar-refractivity contribution in [3.63, 3.8) is 0 Å². The van der Waals surface area contributed by atoms with Crippen molar-refractivity contribution in [3.05, 3.63) is 112 Å². The predicted molar refractivity (Wildman–Crippen MR) is 116 cm³/mol. The van der Waals surface area contributed by atoms with E-state index in [2.05, 4.69) is 23.1 Å². The molecule has 3 aromatic carbocycles. The fraction of sp³-hybridized carbons (Fsp3) is 0.160. The van der Waals surface area contributed by atoms with Crippen LogP contribution in [0.25, 0.3) is 10.8 Å². The van der Waals surface area contributed by atoms with Gasteiger partial charge < -0.3 is 10.0 Å². The summed E-state index contributed by atoms with van der Waals surface area (Å²) in [6, 6.07) is 29.6. The average Bonchev–Trinajstić information content (AvgIpc) is 3.15. The Morgan fingerprint density at radius 1 is 0.897 bits per heavy atom. The van der Waals surface area contributed by atoms with Crippen LogP contribution in [0.5, 0.6) is 0 Å². The second-order valence-electron chi connectivity index (χ2n) is 7.45. The molecule has 144 valence electrons. The molecule has 0 saturated carbocycles. The van der Waals surface area contributed by atoms with Crippen LogP contribution in [0.15, 0.2) is 95.8 Å². The van der Waals surface area contributed by atoms with Gasteiger partial charge in [0, 0.05) is 11.9 Å². The molecule has 1 N–H and O–H groups in total. The van der Waals surface area contributed by atoms with E-state index < -0.39 is 0 Å². The quantitative estimate of drug-likeness (QED) is 0.577. The number of pyridine rings is 1. The van der Waals surface area contributed by atoms with Gasteiger partial charge in [-0.25, -0.2) is 0 Å². The fourth-order valence-corrected chi connectivity index (χ4v) is 4.42. The second kappa shape index (κ2) is 7.22. The number of nitrogens with zero attached hydrogens (tertiary/aromatic N) is 2. The van der Waals surface area contributed by atoms with Gasteiger partial charge in [-0.1, -0.05) is 78.9 Å². The standard InChI is InChI=1S/C25H22N2O2/c28-17-23(19-11-5-2-6-12-19)26-16-22(18-9-3-1-4-10-18)27-24(26)15-20-13-7-8-14-21(20)25(27)29/h1-15,22-23,28H,16-17H2/t22-,23-/m1/s1. The molecule has 0 spiro atoms. The first-order valence-electron chi connectivity index (χ1n) is 9.89. The highest BCUT2D eigenvalue weighted by atomic mass is 16.3. The Morgan fingerprint density at radius 3 is 2.28 bits per heavy atom. The molecule has 0 radical (unpaired) electrons. The highest BCUT2D eigenvalue weighted by Crippen LogP contribution is 2.38. The summed E-state index contributed by atoms with van der Waals surface area (Å²) >= 11 is 0. The van der Waals surface area contributed by atoms with Gasteiger partial charge in [-0.3, -0.25) is 9.36 Å². The number of fused-ring (bicyclic) bond motifs is 2. The lowest BCUT2D eigenvalue weighted by Gasteiger charge is -2.28. The average molecular weight is 382 g/mol. The van der Waals surface area contributed by atoms with Gasteiger partial charge in [-0.05, 0) is 28.6 Å². The van der Waals surface area contributed by atoms with Crippen molar-refractivity contribution in [2.75, 3.05) is 18.1 Å². The molecule has 0 fully saturated rings. The number of hydrogen-bond donors (Lipinski definition) is 1. The first-order valence-corrected chi connectivity index (χ1v) is 9.89. The summed E-state index contributed by atoms with van der Waals surface area (Å²) in [5, 5.41) is 11.9. The molecule has 0 amide bonds. The molecule has 2 atom stereocenters. The summed E-state index contributed by atoms with van der Waals surface area (Å²) in [7, 11) is 0. The van der Waals surface area contributed by atoms with Crippen LogP contribution in [0.4, 0.5) is 5.82 Å². The van der Waals surface area contributed by atoms with Crippen molar-refractivity contribution in [2.24, 2.45) is 0 Å². The first kappa shape index (κ1) is 17.7. The normalized spacial score (nSPS) is 16.7. The van der Waals surface area contributed by atoms with Crippen LogP contribution in [0.1, 0.15) is 23.2 Å². The van der Waals surface area contributed by atoms with E-state index in [0.29, 0.717) is 6.54 Å². The number of anilines is 1. The maximum atomic E-state index is 13.5. The molecule has 1 aliphatic rings. The zero-order valence-electron chi connectivity index (χ0n) is 16.0. The molecule has 1 aromatic heterocycles. The third-order valence-corrected chi connectivity index (χ3v) is 5.83. The molecule has 0 aliphatic carbocycles. The highest BCUT2D eigenvalue weighted by molar-refractivity contribution is 5.84. The minimum absolute atomic E-state index is 0.0132. The van der Waals surface area contributed by atoms with Gasteiger partial charge in [0.1, 0.15) is 5.82 Å². The number of aromatic nitrogens is 1. The van der Waals surface area contributed by atoms with Gasteiger partial charge in [-0.2, -0.15) is 0 Å². The number of benzene rings is 3. The number of aliphatic hydroxyl groups excluding tert-OH is 1. The zero-order chi connectivity index (χ0) is 19.8. The summed E-state index contributed by atoms with van der Waals surface area (Å²) in [6.07, 6.45) is 0. The van der Waals surface area contributed by atoms with Gasteiger partial charge in [0.2, 0.25) is 0 Å². The van der Waals surface area contributed by atoms with Crippen LogP contribution >= 0.6 is 0 Å². The van der Waals surface area contributed by atoms with E-state index in [1.54, 1.807) is 0 Å². The maximum Gasteiger partial charge on any atom is 0.260 e. The van der Waals surface area contributed by atoms with Crippen LogP contribution in [0.3, 0.4) is 0 Å². The molecule has 5 rings (SSSR count). The molecule has 4 nitrogen and oxygen atoms in total. The van der Waals surface area contributed by atoms with E-state index >= 15 is 0 Å². The molecular weight excluding hydrogens is 360 g/mol. The Hall–Kier alpha value is -3.37. The van der Waals surface area contributed by atoms with E-state index in [4.69, 9.17) is 0 Å². The van der Waals surface area contributed by atoms with Gasteiger partial charge >= 0.3 is 0 Å². The summed E-state index contributed by atoms with van der Waals surface area (Å²) in [6.45, 7) is 0.613. The van der Waals surface area contributed by atoms with Gasteiger partial charge in [0.25, 0.3) is 5.56 Å². The van der Waals surface area contributed by atoms with Crippen molar-refractivity contribution in [2.45, 2.75) is 12.1 Å². The van der Waals surface area contributed by atoms with E-state index in [1.165, 1.54) is 0 Å². The molecule has 4 heteroatoms. The molecular formula is C25H22N2O2. The lowest BCUT2D eigenvalue weighted by atomic mass is 10.0. The summed E-state index contributed by atoms with van der Waals surface area (Å²) in [5.41, 5.74) is 2.15. The van der Waals surface area contributed by atoms with Gasteiger partial charge in [0.05, 0.1) is 18.7 Å². The smallest absolute Gasteiger partial charge is 0.260 e. The van der Waals surface area contributed by atoms with E-state index in [1.807, 2.05) is 77.4 Å². The Morgan fingerprint density at radius 2 is 1.55 bits per heavy atom. The van der Waals surface area contributed by atoms with E-state index in [-0.39, 0.29) is 24.2 Å². The summed E-state index contributed by atoms with van der Waals surface area (Å²) in [4.78, 5) is 15.6. The van der Waals surface area contributed by atoms with Crippen molar-refractivity contribution < 1.29 is 5.11 Å². The minimum Gasteiger partial charge on any atom is -0.394 e. The Balaban J connectivity index is 1.73. The lowest BCUT2D eigenvalue weighted by Crippen LogP contribution is -2.30. The number of rotatable bonds is 4. The predicted octanol–water partition coefficient (Wildman–Crippen LogP) is 4.14. The third kappa shape index (κ3) is 2.93. The molecule has 2 heterocycles. The summed E-state index contributed by atoms with van der Waals surface area (Å²) < 4.78 is 1.89. The molecule has 29 heavy (non-hydrogen) atoms. The molecule has 4 aromatic rings. The van der Waals surface area contributed by atoms with E-state index in [9.17, 15) is 9.90 Å². The Labute approximate surface area is 169 Å². The molecule has 0 bridgehead atoms. The number of hydrogen-bond acceptors (Lipinski definition) is 3. The van der Waals surface area contributed by atoms with Crippen molar-refractivity contribution in [3.8, 4) is 0 Å². The third-order valence-electron chi connectivity index (χ3n) is 5.83. The zero-order valence-corrected chi connectivity index (χ0v) is 16.0. The van der Waals surface area contributed by atoms with Crippen LogP contribution in [0, 0.1) is 0 Å². The monoisotopic (exact) mass is 382 g/mol. The largest absolute Gasteiger partial charge is 0.394 e. The van der Waals surface area contributed by atoms with E-state index in [0.717, 1.165) is 27.7 Å². The highest BCUT2D eigenvalue weighted by Gasteiger charge is 2.35. The summed E-state index contributed by atoms with van der Waals surface area (Å²) in [5.74, 6) is 0.852. The molecule has 0 unspecified atom stereocenters.